The lowest BCUT2D eigenvalue weighted by Gasteiger charge is -2.23. The molecule has 1 saturated carbocycles. The first kappa shape index (κ1) is 14.7. The van der Waals surface area contributed by atoms with E-state index in [-0.39, 0.29) is 5.69 Å². The molecule has 6 heteroatoms. The van der Waals surface area contributed by atoms with Crippen molar-refractivity contribution in [1.82, 2.24) is 14.9 Å². The number of anilines is 1. The van der Waals surface area contributed by atoms with Gasteiger partial charge in [0.1, 0.15) is 0 Å². The highest BCUT2D eigenvalue weighted by molar-refractivity contribution is 5.85. The van der Waals surface area contributed by atoms with Gasteiger partial charge in [0.25, 0.3) is 0 Å². The third-order valence-corrected chi connectivity index (χ3v) is 3.77. The maximum atomic E-state index is 10.9. The second-order valence-corrected chi connectivity index (χ2v) is 5.37. The molecule has 1 aliphatic carbocycles. The minimum Gasteiger partial charge on any atom is -0.477 e. The fourth-order valence-electron chi connectivity index (χ4n) is 2.63. The van der Waals surface area contributed by atoms with E-state index in [9.17, 15) is 4.79 Å². The van der Waals surface area contributed by atoms with Crippen molar-refractivity contribution in [3.05, 3.63) is 17.5 Å². The Kier molecular flexibility index (Phi) is 4.89. The zero-order chi connectivity index (χ0) is 14.5. The first-order valence-corrected chi connectivity index (χ1v) is 7.09. The van der Waals surface area contributed by atoms with Gasteiger partial charge in [-0.15, -0.1) is 0 Å². The Hall–Kier alpha value is -1.69. The van der Waals surface area contributed by atoms with E-state index in [0.29, 0.717) is 17.7 Å². The number of hydrogen-bond donors (Lipinski definition) is 2. The predicted octanol–water partition coefficient (Wildman–Crippen LogP) is 1.77. The van der Waals surface area contributed by atoms with Crippen molar-refractivity contribution in [2.24, 2.45) is 0 Å². The lowest BCUT2D eigenvalue weighted by Crippen LogP contribution is -2.33. The van der Waals surface area contributed by atoms with Crippen LogP contribution in [0, 0.1) is 6.92 Å². The minimum atomic E-state index is -1.03. The first-order chi connectivity index (χ1) is 9.56. The summed E-state index contributed by atoms with van der Waals surface area (Å²) in [5.41, 5.74) is 0.688. The summed E-state index contributed by atoms with van der Waals surface area (Å²) in [6.45, 7) is 3.39. The van der Waals surface area contributed by atoms with Gasteiger partial charge in [-0.1, -0.05) is 12.8 Å². The molecule has 20 heavy (non-hydrogen) atoms. The van der Waals surface area contributed by atoms with E-state index < -0.39 is 5.97 Å². The molecule has 0 unspecified atom stereocenters. The van der Waals surface area contributed by atoms with Crippen LogP contribution in [0.3, 0.4) is 0 Å². The number of aryl methyl sites for hydroxylation is 1. The SMILES string of the molecule is Cc1cc(C(=O)O)nc(NCCN(C)C2CCCC2)n1. The predicted molar refractivity (Wildman–Crippen MR) is 77.1 cm³/mol. The topological polar surface area (TPSA) is 78.3 Å². The van der Waals surface area contributed by atoms with Gasteiger partial charge in [0, 0.05) is 24.8 Å². The molecule has 0 atom stereocenters. The van der Waals surface area contributed by atoms with Crippen molar-refractivity contribution in [3.8, 4) is 0 Å². The van der Waals surface area contributed by atoms with Crippen LogP contribution < -0.4 is 5.32 Å². The molecule has 2 rings (SSSR count). The van der Waals surface area contributed by atoms with Crippen LogP contribution in [-0.2, 0) is 0 Å². The maximum Gasteiger partial charge on any atom is 0.354 e. The molecule has 0 aromatic carbocycles. The van der Waals surface area contributed by atoms with E-state index in [0.717, 1.165) is 13.1 Å². The monoisotopic (exact) mass is 278 g/mol. The van der Waals surface area contributed by atoms with Crippen LogP contribution >= 0.6 is 0 Å². The molecule has 1 aromatic heterocycles. The van der Waals surface area contributed by atoms with Crippen LogP contribution in [0.2, 0.25) is 0 Å². The van der Waals surface area contributed by atoms with Crippen molar-refractivity contribution in [2.45, 2.75) is 38.6 Å². The molecular weight excluding hydrogens is 256 g/mol. The molecule has 0 aliphatic heterocycles. The van der Waals surface area contributed by atoms with Crippen molar-refractivity contribution in [2.75, 3.05) is 25.5 Å². The zero-order valence-corrected chi connectivity index (χ0v) is 12.1. The summed E-state index contributed by atoms with van der Waals surface area (Å²) in [5, 5.41) is 12.1. The average molecular weight is 278 g/mol. The van der Waals surface area contributed by atoms with E-state index in [1.807, 2.05) is 0 Å². The van der Waals surface area contributed by atoms with Crippen LogP contribution in [0.1, 0.15) is 41.9 Å². The standard InChI is InChI=1S/C14H22N4O2/c1-10-9-12(13(19)20)17-14(16-10)15-7-8-18(2)11-5-3-4-6-11/h9,11H,3-8H2,1-2H3,(H,19,20)(H,15,16,17). The summed E-state index contributed by atoms with van der Waals surface area (Å²) in [4.78, 5) is 21.5. The summed E-state index contributed by atoms with van der Waals surface area (Å²) in [7, 11) is 2.14. The van der Waals surface area contributed by atoms with Crippen LogP contribution in [0.5, 0.6) is 0 Å². The number of hydrogen-bond acceptors (Lipinski definition) is 5. The van der Waals surface area contributed by atoms with Gasteiger partial charge in [0.05, 0.1) is 0 Å². The van der Waals surface area contributed by atoms with Crippen molar-refractivity contribution >= 4 is 11.9 Å². The van der Waals surface area contributed by atoms with E-state index in [4.69, 9.17) is 5.11 Å². The number of rotatable bonds is 6. The number of aromatic carboxylic acids is 1. The molecule has 0 radical (unpaired) electrons. The molecular formula is C14H22N4O2. The summed E-state index contributed by atoms with van der Waals surface area (Å²) in [6.07, 6.45) is 5.21. The number of carbonyl (C=O) groups is 1. The second kappa shape index (κ2) is 6.65. The van der Waals surface area contributed by atoms with Crippen LogP contribution in [0.25, 0.3) is 0 Å². The largest absolute Gasteiger partial charge is 0.477 e. The van der Waals surface area contributed by atoms with Gasteiger partial charge in [-0.05, 0) is 32.9 Å². The zero-order valence-electron chi connectivity index (χ0n) is 12.1. The van der Waals surface area contributed by atoms with E-state index in [1.54, 1.807) is 6.92 Å². The number of nitrogens with one attached hydrogen (secondary N) is 1. The lowest BCUT2D eigenvalue weighted by molar-refractivity contribution is 0.0690. The fourth-order valence-corrected chi connectivity index (χ4v) is 2.63. The van der Waals surface area contributed by atoms with Crippen LogP contribution in [-0.4, -0.2) is 52.1 Å². The minimum absolute atomic E-state index is 0.0316. The quantitative estimate of drug-likeness (QED) is 0.825. The number of carboxylic acid groups (broad SMARTS) is 1. The van der Waals surface area contributed by atoms with Gasteiger partial charge < -0.3 is 15.3 Å². The van der Waals surface area contributed by atoms with Crippen LogP contribution in [0.15, 0.2) is 6.07 Å². The molecule has 2 N–H and O–H groups in total. The molecule has 1 fully saturated rings. The normalized spacial score (nSPS) is 15.8. The summed E-state index contributed by atoms with van der Waals surface area (Å²) >= 11 is 0. The first-order valence-electron chi connectivity index (χ1n) is 7.09. The smallest absolute Gasteiger partial charge is 0.354 e. The Morgan fingerprint density at radius 2 is 2.15 bits per heavy atom. The third-order valence-electron chi connectivity index (χ3n) is 3.77. The maximum absolute atomic E-state index is 10.9. The Balaban J connectivity index is 1.85. The Morgan fingerprint density at radius 1 is 1.45 bits per heavy atom. The summed E-state index contributed by atoms with van der Waals surface area (Å²) in [6, 6.07) is 2.16. The molecule has 0 spiro atoms. The Bertz CT molecular complexity index is 472. The molecule has 6 nitrogen and oxygen atoms in total. The molecule has 110 valence electrons. The van der Waals surface area contributed by atoms with Gasteiger partial charge >= 0.3 is 5.97 Å². The summed E-state index contributed by atoms with van der Waals surface area (Å²) in [5.74, 6) is -0.635. The Labute approximate surface area is 119 Å². The average Bonchev–Trinajstić information content (AvgIpc) is 2.91. The van der Waals surface area contributed by atoms with Gasteiger partial charge in [0.2, 0.25) is 5.95 Å². The number of likely N-dealkylation sites (N-methyl/N-ethyl adjacent to an activating group) is 1. The fraction of sp³-hybridized carbons (Fsp3) is 0.643. The van der Waals surface area contributed by atoms with Crippen molar-refractivity contribution in [3.63, 3.8) is 0 Å². The molecule has 1 heterocycles. The van der Waals surface area contributed by atoms with E-state index in [2.05, 4.69) is 27.2 Å². The van der Waals surface area contributed by atoms with Gasteiger partial charge in [-0.25, -0.2) is 14.8 Å². The van der Waals surface area contributed by atoms with Gasteiger partial charge in [-0.2, -0.15) is 0 Å². The number of nitrogens with zero attached hydrogens (tertiary/aromatic N) is 3. The van der Waals surface area contributed by atoms with E-state index >= 15 is 0 Å². The van der Waals surface area contributed by atoms with Crippen LogP contribution in [0.4, 0.5) is 5.95 Å². The highest BCUT2D eigenvalue weighted by Crippen LogP contribution is 2.21. The van der Waals surface area contributed by atoms with Gasteiger partial charge in [0.15, 0.2) is 5.69 Å². The summed E-state index contributed by atoms with van der Waals surface area (Å²) < 4.78 is 0. The molecule has 0 bridgehead atoms. The lowest BCUT2D eigenvalue weighted by atomic mass is 10.2. The number of carboxylic acids is 1. The highest BCUT2D eigenvalue weighted by atomic mass is 16.4. The van der Waals surface area contributed by atoms with Crippen molar-refractivity contribution < 1.29 is 9.90 Å². The molecule has 0 saturated heterocycles. The van der Waals surface area contributed by atoms with E-state index in [1.165, 1.54) is 31.7 Å². The molecule has 1 aliphatic rings. The number of aromatic nitrogens is 2. The van der Waals surface area contributed by atoms with Gasteiger partial charge in [-0.3, -0.25) is 0 Å². The Morgan fingerprint density at radius 3 is 2.80 bits per heavy atom. The highest BCUT2D eigenvalue weighted by Gasteiger charge is 2.18. The second-order valence-electron chi connectivity index (χ2n) is 5.37. The third kappa shape index (κ3) is 3.90. The molecule has 0 amide bonds. The molecule has 1 aromatic rings. The van der Waals surface area contributed by atoms with Crippen molar-refractivity contribution in [1.29, 1.82) is 0 Å².